The van der Waals surface area contributed by atoms with Gasteiger partial charge in [-0.3, -0.25) is 0 Å². The van der Waals surface area contributed by atoms with E-state index in [9.17, 15) is 0 Å². The summed E-state index contributed by atoms with van der Waals surface area (Å²) < 4.78 is 0. The van der Waals surface area contributed by atoms with Crippen molar-refractivity contribution in [1.82, 2.24) is 10.3 Å². The van der Waals surface area contributed by atoms with Crippen molar-refractivity contribution in [3.8, 4) is 0 Å². The summed E-state index contributed by atoms with van der Waals surface area (Å²) in [7, 11) is 2.06. The summed E-state index contributed by atoms with van der Waals surface area (Å²) in [5, 5.41) is 6.75. The van der Waals surface area contributed by atoms with Crippen LogP contribution in [0.4, 0.5) is 0 Å². The molecule has 13 heavy (non-hydrogen) atoms. The van der Waals surface area contributed by atoms with Crippen molar-refractivity contribution < 1.29 is 0 Å². The van der Waals surface area contributed by atoms with Gasteiger partial charge in [-0.25, -0.2) is 4.98 Å². The predicted octanol–water partition coefficient (Wildman–Crippen LogP) is 1.99. The zero-order chi connectivity index (χ0) is 9.26. The number of likely N-dealkylation sites (N-methyl/N-ethyl adjacent to an activating group) is 1. The van der Waals surface area contributed by atoms with E-state index in [1.807, 2.05) is 0 Å². The molecule has 0 spiro atoms. The van der Waals surface area contributed by atoms with Crippen molar-refractivity contribution in [3.63, 3.8) is 0 Å². The molecule has 1 saturated carbocycles. The van der Waals surface area contributed by atoms with Crippen LogP contribution < -0.4 is 5.32 Å². The fourth-order valence-corrected chi connectivity index (χ4v) is 2.36. The third-order valence-electron chi connectivity index (χ3n) is 2.66. The summed E-state index contributed by atoms with van der Waals surface area (Å²) >= 11 is 1.75. The van der Waals surface area contributed by atoms with Gasteiger partial charge in [0.05, 0.1) is 10.7 Å². The summed E-state index contributed by atoms with van der Waals surface area (Å²) in [5.74, 6) is 0.909. The Morgan fingerprint density at radius 1 is 1.69 bits per heavy atom. The lowest BCUT2D eigenvalue weighted by Crippen LogP contribution is -2.29. The van der Waals surface area contributed by atoms with E-state index in [0.717, 1.165) is 12.3 Å². The van der Waals surface area contributed by atoms with Crippen LogP contribution in [0.1, 0.15) is 23.5 Å². The SMILES string of the molecule is CNC(Cc1csc(C)n1)C1CC1. The van der Waals surface area contributed by atoms with Gasteiger partial charge in [0.2, 0.25) is 0 Å². The van der Waals surface area contributed by atoms with Crippen LogP contribution >= 0.6 is 11.3 Å². The molecule has 1 aromatic rings. The molecule has 0 radical (unpaired) electrons. The van der Waals surface area contributed by atoms with Gasteiger partial charge in [-0.15, -0.1) is 11.3 Å². The number of aryl methyl sites for hydroxylation is 1. The molecule has 0 aromatic carbocycles. The molecule has 1 atom stereocenters. The van der Waals surface area contributed by atoms with Gasteiger partial charge in [0.1, 0.15) is 0 Å². The van der Waals surface area contributed by atoms with Crippen molar-refractivity contribution in [3.05, 3.63) is 16.1 Å². The molecule has 0 amide bonds. The molecule has 0 aliphatic heterocycles. The van der Waals surface area contributed by atoms with Crippen LogP contribution in [0.25, 0.3) is 0 Å². The van der Waals surface area contributed by atoms with Gasteiger partial charge in [0, 0.05) is 17.8 Å². The van der Waals surface area contributed by atoms with E-state index in [1.165, 1.54) is 23.5 Å². The first-order valence-electron chi connectivity index (χ1n) is 4.88. The highest BCUT2D eigenvalue weighted by Crippen LogP contribution is 2.33. The van der Waals surface area contributed by atoms with Crippen LogP contribution in [0, 0.1) is 12.8 Å². The molecular formula is C10H16N2S. The van der Waals surface area contributed by atoms with Crippen LogP contribution in [-0.4, -0.2) is 18.1 Å². The molecule has 3 heteroatoms. The molecule has 1 N–H and O–H groups in total. The molecule has 1 unspecified atom stereocenters. The third kappa shape index (κ3) is 2.29. The standard InChI is InChI=1S/C10H16N2S/c1-7-12-9(6-13-7)5-10(11-2)8-3-4-8/h6,8,10-11H,3-5H2,1-2H3. The van der Waals surface area contributed by atoms with E-state index in [2.05, 4.69) is 29.7 Å². The summed E-state index contributed by atoms with van der Waals surface area (Å²) in [6.07, 6.45) is 3.90. The largest absolute Gasteiger partial charge is 0.316 e. The van der Waals surface area contributed by atoms with Crippen LogP contribution in [-0.2, 0) is 6.42 Å². The van der Waals surface area contributed by atoms with Crippen LogP contribution in [0.3, 0.4) is 0 Å². The maximum absolute atomic E-state index is 4.49. The van der Waals surface area contributed by atoms with E-state index in [0.29, 0.717) is 6.04 Å². The molecule has 0 bridgehead atoms. The van der Waals surface area contributed by atoms with E-state index in [-0.39, 0.29) is 0 Å². The van der Waals surface area contributed by atoms with Crippen LogP contribution in [0.5, 0.6) is 0 Å². The first-order chi connectivity index (χ1) is 6.29. The number of thiazole rings is 1. The Balaban J connectivity index is 1.95. The Bertz CT molecular complexity index is 278. The van der Waals surface area contributed by atoms with Gasteiger partial charge in [0.15, 0.2) is 0 Å². The minimum absolute atomic E-state index is 0.654. The quantitative estimate of drug-likeness (QED) is 0.796. The van der Waals surface area contributed by atoms with Gasteiger partial charge < -0.3 is 5.32 Å². The summed E-state index contributed by atoms with van der Waals surface area (Å²) in [4.78, 5) is 4.49. The summed E-state index contributed by atoms with van der Waals surface area (Å²) in [5.41, 5.74) is 1.26. The number of hydrogen-bond acceptors (Lipinski definition) is 3. The Morgan fingerprint density at radius 2 is 2.46 bits per heavy atom. The highest BCUT2D eigenvalue weighted by Gasteiger charge is 2.30. The zero-order valence-corrected chi connectivity index (χ0v) is 9.03. The van der Waals surface area contributed by atoms with Crippen molar-refractivity contribution >= 4 is 11.3 Å². The minimum Gasteiger partial charge on any atom is -0.316 e. The second-order valence-corrected chi connectivity index (χ2v) is 4.86. The molecular weight excluding hydrogens is 180 g/mol. The topological polar surface area (TPSA) is 24.9 Å². The molecule has 2 nitrogen and oxygen atoms in total. The zero-order valence-electron chi connectivity index (χ0n) is 8.21. The monoisotopic (exact) mass is 196 g/mol. The van der Waals surface area contributed by atoms with Gasteiger partial charge >= 0.3 is 0 Å². The highest BCUT2D eigenvalue weighted by atomic mass is 32.1. The Morgan fingerprint density at radius 3 is 2.92 bits per heavy atom. The van der Waals surface area contributed by atoms with Crippen molar-refractivity contribution in [2.75, 3.05) is 7.05 Å². The lowest BCUT2D eigenvalue weighted by Gasteiger charge is -2.12. The molecule has 0 saturated heterocycles. The van der Waals surface area contributed by atoms with Gasteiger partial charge in [0.25, 0.3) is 0 Å². The predicted molar refractivity (Wildman–Crippen MR) is 56.1 cm³/mol. The first kappa shape index (κ1) is 9.16. The molecule has 1 aromatic heterocycles. The van der Waals surface area contributed by atoms with E-state index < -0.39 is 0 Å². The van der Waals surface area contributed by atoms with Crippen LogP contribution in [0.2, 0.25) is 0 Å². The molecule has 1 heterocycles. The molecule has 1 aliphatic carbocycles. The number of rotatable bonds is 4. The summed E-state index contributed by atoms with van der Waals surface area (Å²) in [6.45, 7) is 2.07. The summed E-state index contributed by atoms with van der Waals surface area (Å²) in [6, 6.07) is 0.654. The maximum Gasteiger partial charge on any atom is 0.0897 e. The molecule has 2 rings (SSSR count). The normalized spacial score (nSPS) is 18.9. The Kier molecular flexibility index (Phi) is 2.65. The van der Waals surface area contributed by atoms with Crippen molar-refractivity contribution in [2.45, 2.75) is 32.2 Å². The maximum atomic E-state index is 4.49. The molecule has 72 valence electrons. The second kappa shape index (κ2) is 3.76. The highest BCUT2D eigenvalue weighted by molar-refractivity contribution is 7.09. The first-order valence-corrected chi connectivity index (χ1v) is 5.76. The molecule has 1 aliphatic rings. The minimum atomic E-state index is 0.654. The number of nitrogens with zero attached hydrogens (tertiary/aromatic N) is 1. The number of nitrogens with one attached hydrogen (secondary N) is 1. The lowest BCUT2D eigenvalue weighted by molar-refractivity contribution is 0.496. The lowest BCUT2D eigenvalue weighted by atomic mass is 10.1. The smallest absolute Gasteiger partial charge is 0.0897 e. The average Bonchev–Trinajstić information content (AvgIpc) is 2.87. The van der Waals surface area contributed by atoms with E-state index in [4.69, 9.17) is 0 Å². The fourth-order valence-electron chi connectivity index (χ4n) is 1.73. The van der Waals surface area contributed by atoms with E-state index in [1.54, 1.807) is 11.3 Å². The molecule has 1 fully saturated rings. The van der Waals surface area contributed by atoms with Gasteiger partial charge in [-0.05, 0) is 32.7 Å². The van der Waals surface area contributed by atoms with Crippen molar-refractivity contribution in [2.24, 2.45) is 5.92 Å². The van der Waals surface area contributed by atoms with Crippen LogP contribution in [0.15, 0.2) is 5.38 Å². The van der Waals surface area contributed by atoms with Gasteiger partial charge in [-0.1, -0.05) is 0 Å². The number of hydrogen-bond donors (Lipinski definition) is 1. The van der Waals surface area contributed by atoms with Gasteiger partial charge in [-0.2, -0.15) is 0 Å². The second-order valence-electron chi connectivity index (χ2n) is 3.79. The average molecular weight is 196 g/mol. The Labute approximate surface area is 83.4 Å². The fraction of sp³-hybridized carbons (Fsp3) is 0.700. The Hall–Kier alpha value is -0.410. The third-order valence-corrected chi connectivity index (χ3v) is 3.48. The van der Waals surface area contributed by atoms with Crippen molar-refractivity contribution in [1.29, 1.82) is 0 Å². The van der Waals surface area contributed by atoms with E-state index >= 15 is 0 Å². The number of aromatic nitrogens is 1.